The molecule has 0 saturated carbocycles. The Morgan fingerprint density at radius 2 is 1.72 bits per heavy atom. The predicted octanol–water partition coefficient (Wildman–Crippen LogP) is 4.21. The summed E-state index contributed by atoms with van der Waals surface area (Å²) in [4.78, 5) is 15.6. The van der Waals surface area contributed by atoms with Gasteiger partial charge in [-0.3, -0.25) is 0 Å². The standard InChI is InChI=1S/C24H21N3O2/c1-3-5-10-22-25-23(11-6-4-2)27(26-22)17-18-12-14-19(15-13-18)20-8-7-9-21(16-20)24(28)29/h7-9,12-16H,3-4,17H2,1-2H3,(H,28,29). The van der Waals surface area contributed by atoms with Gasteiger partial charge in [-0.2, -0.15) is 4.98 Å². The molecule has 0 unspecified atom stereocenters. The summed E-state index contributed by atoms with van der Waals surface area (Å²) in [6.45, 7) is 4.50. The third-order valence-electron chi connectivity index (χ3n) is 4.15. The Morgan fingerprint density at radius 3 is 2.41 bits per heavy atom. The van der Waals surface area contributed by atoms with Crippen molar-refractivity contribution in [2.24, 2.45) is 0 Å². The third-order valence-corrected chi connectivity index (χ3v) is 4.15. The molecule has 1 N–H and O–H groups in total. The van der Waals surface area contributed by atoms with Crippen LogP contribution in [0.15, 0.2) is 48.5 Å². The molecule has 0 aliphatic heterocycles. The highest BCUT2D eigenvalue weighted by atomic mass is 16.4. The zero-order valence-corrected chi connectivity index (χ0v) is 16.4. The monoisotopic (exact) mass is 383 g/mol. The molecule has 1 heterocycles. The number of hydrogen-bond donors (Lipinski definition) is 1. The normalized spacial score (nSPS) is 9.86. The number of benzene rings is 2. The lowest BCUT2D eigenvalue weighted by Gasteiger charge is -2.06. The van der Waals surface area contributed by atoms with Gasteiger partial charge in [0.05, 0.1) is 12.1 Å². The van der Waals surface area contributed by atoms with E-state index in [4.69, 9.17) is 0 Å². The van der Waals surface area contributed by atoms with Crippen molar-refractivity contribution in [3.63, 3.8) is 0 Å². The Balaban J connectivity index is 1.85. The number of aromatic nitrogens is 3. The molecule has 5 nitrogen and oxygen atoms in total. The SMILES string of the molecule is CCC#Cc1nc(C#CCC)n(Cc2ccc(-c3cccc(C(=O)O)c3)cc2)n1. The molecule has 5 heteroatoms. The summed E-state index contributed by atoms with van der Waals surface area (Å²) < 4.78 is 1.77. The topological polar surface area (TPSA) is 68.0 Å². The molecular formula is C24H21N3O2. The summed E-state index contributed by atoms with van der Waals surface area (Å²) in [6.07, 6.45) is 1.49. The van der Waals surface area contributed by atoms with Gasteiger partial charge in [-0.05, 0) is 40.7 Å². The van der Waals surface area contributed by atoms with Crippen LogP contribution in [0.3, 0.4) is 0 Å². The van der Waals surface area contributed by atoms with Crippen LogP contribution in [0.1, 0.15) is 54.3 Å². The molecule has 0 atom stereocenters. The average Bonchev–Trinajstić information content (AvgIpc) is 3.12. The molecule has 0 spiro atoms. The van der Waals surface area contributed by atoms with E-state index in [1.807, 2.05) is 44.2 Å². The van der Waals surface area contributed by atoms with E-state index in [0.717, 1.165) is 29.5 Å². The number of hydrogen-bond acceptors (Lipinski definition) is 3. The first-order valence-electron chi connectivity index (χ1n) is 9.46. The molecular weight excluding hydrogens is 362 g/mol. The minimum absolute atomic E-state index is 0.272. The van der Waals surface area contributed by atoms with E-state index in [9.17, 15) is 9.90 Å². The van der Waals surface area contributed by atoms with E-state index in [0.29, 0.717) is 18.2 Å². The van der Waals surface area contributed by atoms with Crippen molar-refractivity contribution in [2.75, 3.05) is 0 Å². The van der Waals surface area contributed by atoms with Crippen LogP contribution in [0, 0.1) is 23.7 Å². The fraction of sp³-hybridized carbons (Fsp3) is 0.208. The van der Waals surface area contributed by atoms with Gasteiger partial charge in [-0.25, -0.2) is 9.48 Å². The van der Waals surface area contributed by atoms with Gasteiger partial charge < -0.3 is 5.11 Å². The number of nitrogens with zero attached hydrogens (tertiary/aromatic N) is 3. The Kier molecular flexibility index (Phi) is 6.45. The molecule has 2 aromatic carbocycles. The fourth-order valence-corrected chi connectivity index (χ4v) is 2.74. The molecule has 29 heavy (non-hydrogen) atoms. The lowest BCUT2D eigenvalue weighted by molar-refractivity contribution is 0.0697. The maximum atomic E-state index is 11.2. The second kappa shape index (κ2) is 9.39. The number of rotatable bonds is 4. The highest BCUT2D eigenvalue weighted by molar-refractivity contribution is 5.89. The summed E-state index contributed by atoms with van der Waals surface area (Å²) in [5.41, 5.74) is 3.14. The number of aromatic carboxylic acids is 1. The Bertz CT molecular complexity index is 1140. The lowest BCUT2D eigenvalue weighted by Crippen LogP contribution is -2.05. The van der Waals surface area contributed by atoms with Gasteiger partial charge in [0.15, 0.2) is 0 Å². The molecule has 3 rings (SSSR count). The van der Waals surface area contributed by atoms with Gasteiger partial charge in [0.25, 0.3) is 0 Å². The van der Waals surface area contributed by atoms with E-state index in [2.05, 4.69) is 33.8 Å². The first kappa shape index (κ1) is 19.9. The van der Waals surface area contributed by atoms with Gasteiger partial charge in [0.1, 0.15) is 0 Å². The average molecular weight is 383 g/mol. The van der Waals surface area contributed by atoms with Crippen LogP contribution in [-0.4, -0.2) is 25.8 Å². The van der Waals surface area contributed by atoms with Gasteiger partial charge >= 0.3 is 5.97 Å². The summed E-state index contributed by atoms with van der Waals surface area (Å²) in [5.74, 6) is 12.2. The molecule has 0 amide bonds. The van der Waals surface area contributed by atoms with E-state index in [-0.39, 0.29) is 5.56 Å². The van der Waals surface area contributed by atoms with Gasteiger partial charge in [0, 0.05) is 12.8 Å². The molecule has 0 fully saturated rings. The van der Waals surface area contributed by atoms with Crippen LogP contribution in [0.25, 0.3) is 11.1 Å². The van der Waals surface area contributed by atoms with E-state index >= 15 is 0 Å². The summed E-state index contributed by atoms with van der Waals surface area (Å²) in [5, 5.41) is 13.6. The van der Waals surface area contributed by atoms with E-state index in [1.54, 1.807) is 22.9 Å². The number of carboxylic acids is 1. The Morgan fingerprint density at radius 1 is 1.00 bits per heavy atom. The van der Waals surface area contributed by atoms with E-state index < -0.39 is 5.97 Å². The fourth-order valence-electron chi connectivity index (χ4n) is 2.74. The molecule has 0 aliphatic rings. The second-order valence-corrected chi connectivity index (χ2v) is 6.31. The first-order chi connectivity index (χ1) is 14.1. The number of carboxylic acid groups (broad SMARTS) is 1. The summed E-state index contributed by atoms with van der Waals surface area (Å²) in [7, 11) is 0. The Labute approximate surface area is 170 Å². The zero-order valence-electron chi connectivity index (χ0n) is 16.4. The minimum Gasteiger partial charge on any atom is -0.478 e. The quantitative estimate of drug-likeness (QED) is 0.685. The highest BCUT2D eigenvalue weighted by Crippen LogP contribution is 2.21. The van der Waals surface area contributed by atoms with Crippen LogP contribution < -0.4 is 0 Å². The molecule has 0 radical (unpaired) electrons. The van der Waals surface area contributed by atoms with Crippen molar-refractivity contribution in [1.29, 1.82) is 0 Å². The smallest absolute Gasteiger partial charge is 0.335 e. The molecule has 0 saturated heterocycles. The Hall–Kier alpha value is -3.83. The van der Waals surface area contributed by atoms with Crippen molar-refractivity contribution >= 4 is 5.97 Å². The van der Waals surface area contributed by atoms with Gasteiger partial charge in [-0.15, -0.1) is 5.10 Å². The molecule has 0 bridgehead atoms. The summed E-state index contributed by atoms with van der Waals surface area (Å²) >= 11 is 0. The number of carbonyl (C=O) groups is 1. The largest absolute Gasteiger partial charge is 0.478 e. The van der Waals surface area contributed by atoms with Crippen LogP contribution >= 0.6 is 0 Å². The first-order valence-corrected chi connectivity index (χ1v) is 9.46. The molecule has 0 aliphatic carbocycles. The van der Waals surface area contributed by atoms with Crippen molar-refractivity contribution in [3.05, 3.63) is 71.3 Å². The van der Waals surface area contributed by atoms with Crippen molar-refractivity contribution < 1.29 is 9.90 Å². The van der Waals surface area contributed by atoms with Crippen LogP contribution in [-0.2, 0) is 6.54 Å². The molecule has 144 valence electrons. The second-order valence-electron chi connectivity index (χ2n) is 6.31. The van der Waals surface area contributed by atoms with Crippen molar-refractivity contribution in [1.82, 2.24) is 14.8 Å². The van der Waals surface area contributed by atoms with Crippen LogP contribution in [0.5, 0.6) is 0 Å². The lowest BCUT2D eigenvalue weighted by atomic mass is 10.0. The molecule has 3 aromatic rings. The van der Waals surface area contributed by atoms with E-state index in [1.165, 1.54) is 0 Å². The van der Waals surface area contributed by atoms with Crippen molar-refractivity contribution in [3.8, 4) is 34.8 Å². The minimum atomic E-state index is -0.933. The zero-order chi connectivity index (χ0) is 20.6. The van der Waals surface area contributed by atoms with Gasteiger partial charge in [0.2, 0.25) is 11.6 Å². The van der Waals surface area contributed by atoms with Crippen LogP contribution in [0.4, 0.5) is 0 Å². The maximum absolute atomic E-state index is 11.2. The van der Waals surface area contributed by atoms with Gasteiger partial charge in [-0.1, -0.05) is 62.1 Å². The predicted molar refractivity (Wildman–Crippen MR) is 112 cm³/mol. The summed E-state index contributed by atoms with van der Waals surface area (Å²) in [6, 6.07) is 14.9. The van der Waals surface area contributed by atoms with Crippen LogP contribution in [0.2, 0.25) is 0 Å². The third kappa shape index (κ3) is 5.12. The highest BCUT2D eigenvalue weighted by Gasteiger charge is 2.08. The van der Waals surface area contributed by atoms with Crippen molar-refractivity contribution in [2.45, 2.75) is 33.2 Å². The maximum Gasteiger partial charge on any atom is 0.335 e. The molecule has 1 aromatic heterocycles.